The van der Waals surface area contributed by atoms with Gasteiger partial charge in [-0.15, -0.1) is 0 Å². The van der Waals surface area contributed by atoms with E-state index in [1.807, 2.05) is 53.4 Å². The van der Waals surface area contributed by atoms with Gasteiger partial charge < -0.3 is 23.8 Å². The number of hydrogen-bond donors (Lipinski definition) is 0. The molecule has 0 aliphatic carbocycles. The molecule has 7 nitrogen and oxygen atoms in total. The maximum absolute atomic E-state index is 13.1. The molecule has 0 bridgehead atoms. The molecular formula is C24H25N3O4. The largest absolute Gasteiger partial charge is 0.496 e. The van der Waals surface area contributed by atoms with Crippen LogP contribution in [0.5, 0.6) is 11.5 Å². The Labute approximate surface area is 181 Å². The third kappa shape index (κ3) is 4.12. The predicted molar refractivity (Wildman–Crippen MR) is 117 cm³/mol. The van der Waals surface area contributed by atoms with Crippen LogP contribution in [0.15, 0.2) is 67.0 Å². The summed E-state index contributed by atoms with van der Waals surface area (Å²) in [5.74, 6) is 0.773. The summed E-state index contributed by atoms with van der Waals surface area (Å²) in [5, 5.41) is 0. The Balaban J connectivity index is 1.42. The molecule has 0 atom stereocenters. The number of piperazine rings is 1. The Morgan fingerprint density at radius 3 is 1.74 bits per heavy atom. The van der Waals surface area contributed by atoms with Gasteiger partial charge in [0.2, 0.25) is 0 Å². The molecule has 0 spiro atoms. The van der Waals surface area contributed by atoms with Gasteiger partial charge >= 0.3 is 0 Å². The summed E-state index contributed by atoms with van der Waals surface area (Å²) in [6, 6.07) is 16.7. The second-order valence-corrected chi connectivity index (χ2v) is 7.26. The maximum Gasteiger partial charge on any atom is 0.261 e. The molecule has 2 aromatic carbocycles. The topological polar surface area (TPSA) is 64.0 Å². The number of rotatable bonds is 5. The first kappa shape index (κ1) is 20.5. The number of carbonyl (C=O) groups excluding carboxylic acids is 2. The van der Waals surface area contributed by atoms with Gasteiger partial charge in [0.05, 0.1) is 14.2 Å². The molecule has 1 aliphatic rings. The number of benzene rings is 2. The number of carbonyl (C=O) groups is 2. The summed E-state index contributed by atoms with van der Waals surface area (Å²) in [5.41, 5.74) is 2.05. The minimum atomic E-state index is -0.155. The minimum absolute atomic E-state index is 0.0268. The zero-order chi connectivity index (χ0) is 21.8. The number of aromatic nitrogens is 1. The zero-order valence-electron chi connectivity index (χ0n) is 17.7. The summed E-state index contributed by atoms with van der Waals surface area (Å²) in [4.78, 5) is 29.6. The molecule has 1 aromatic heterocycles. The van der Waals surface area contributed by atoms with Gasteiger partial charge in [0.25, 0.3) is 11.8 Å². The number of ether oxygens (including phenoxy) is 2. The highest BCUT2D eigenvalue weighted by molar-refractivity contribution is 6.00. The monoisotopic (exact) mass is 419 g/mol. The first-order valence-corrected chi connectivity index (χ1v) is 10.2. The van der Waals surface area contributed by atoms with Crippen molar-refractivity contribution in [2.75, 3.05) is 40.4 Å². The van der Waals surface area contributed by atoms with Crippen LogP contribution in [0.2, 0.25) is 0 Å². The van der Waals surface area contributed by atoms with Crippen LogP contribution in [0.1, 0.15) is 20.7 Å². The Kier molecular flexibility index (Phi) is 5.93. The van der Waals surface area contributed by atoms with Gasteiger partial charge in [-0.3, -0.25) is 9.59 Å². The average Bonchev–Trinajstić information content (AvgIpc) is 3.38. The molecule has 2 heterocycles. The van der Waals surface area contributed by atoms with Crippen LogP contribution in [-0.2, 0) is 0 Å². The number of amides is 2. The molecule has 31 heavy (non-hydrogen) atoms. The van der Waals surface area contributed by atoms with Crippen LogP contribution in [0.3, 0.4) is 0 Å². The molecule has 0 radical (unpaired) electrons. The Hall–Kier alpha value is -3.74. The Morgan fingerprint density at radius 2 is 1.23 bits per heavy atom. The van der Waals surface area contributed by atoms with Gasteiger partial charge in [0.1, 0.15) is 17.1 Å². The molecule has 0 unspecified atom stereocenters. The van der Waals surface area contributed by atoms with Gasteiger partial charge in [0.15, 0.2) is 0 Å². The van der Waals surface area contributed by atoms with Crippen molar-refractivity contribution >= 4 is 11.8 Å². The summed E-state index contributed by atoms with van der Waals surface area (Å²) in [7, 11) is 3.06. The van der Waals surface area contributed by atoms with Crippen LogP contribution in [0.25, 0.3) is 5.69 Å². The van der Waals surface area contributed by atoms with E-state index >= 15 is 0 Å². The van der Waals surface area contributed by atoms with E-state index in [1.165, 1.54) is 14.2 Å². The lowest BCUT2D eigenvalue weighted by Gasteiger charge is -2.35. The number of methoxy groups -OCH3 is 2. The fraction of sp³-hybridized carbons (Fsp3) is 0.250. The molecule has 4 rings (SSSR count). The van der Waals surface area contributed by atoms with E-state index in [1.54, 1.807) is 28.0 Å². The fourth-order valence-electron chi connectivity index (χ4n) is 3.80. The zero-order valence-corrected chi connectivity index (χ0v) is 17.7. The maximum atomic E-state index is 13.1. The van der Waals surface area contributed by atoms with Crippen molar-refractivity contribution in [3.63, 3.8) is 0 Å². The molecule has 160 valence electrons. The minimum Gasteiger partial charge on any atom is -0.496 e. The summed E-state index contributed by atoms with van der Waals surface area (Å²) < 4.78 is 12.7. The molecule has 1 aliphatic heterocycles. The second-order valence-electron chi connectivity index (χ2n) is 7.26. The summed E-state index contributed by atoms with van der Waals surface area (Å²) in [6.45, 7) is 1.85. The fourth-order valence-corrected chi connectivity index (χ4v) is 3.80. The van der Waals surface area contributed by atoms with E-state index in [0.717, 1.165) is 5.69 Å². The van der Waals surface area contributed by atoms with Crippen molar-refractivity contribution in [1.82, 2.24) is 14.4 Å². The van der Waals surface area contributed by atoms with Crippen molar-refractivity contribution in [2.24, 2.45) is 0 Å². The average molecular weight is 419 g/mol. The van der Waals surface area contributed by atoms with E-state index in [-0.39, 0.29) is 11.8 Å². The highest BCUT2D eigenvalue weighted by Crippen LogP contribution is 2.30. The van der Waals surface area contributed by atoms with Crippen LogP contribution < -0.4 is 9.47 Å². The lowest BCUT2D eigenvalue weighted by Crippen LogP contribution is -2.50. The molecular weight excluding hydrogens is 394 g/mol. The molecule has 0 N–H and O–H groups in total. The Morgan fingerprint density at radius 1 is 0.710 bits per heavy atom. The van der Waals surface area contributed by atoms with Crippen LogP contribution >= 0.6 is 0 Å². The van der Waals surface area contributed by atoms with Gasteiger partial charge in [0, 0.05) is 49.8 Å². The third-order valence-corrected chi connectivity index (χ3v) is 5.51. The molecule has 2 amide bonds. The first-order chi connectivity index (χ1) is 15.1. The Bertz CT molecular complexity index is 1030. The van der Waals surface area contributed by atoms with Crippen molar-refractivity contribution in [3.8, 4) is 17.2 Å². The summed E-state index contributed by atoms with van der Waals surface area (Å²) in [6.07, 6.45) is 3.92. The van der Waals surface area contributed by atoms with Gasteiger partial charge in [-0.05, 0) is 48.5 Å². The number of nitrogens with zero attached hydrogens (tertiary/aromatic N) is 3. The molecule has 0 saturated carbocycles. The first-order valence-electron chi connectivity index (χ1n) is 10.2. The highest BCUT2D eigenvalue weighted by Gasteiger charge is 2.29. The van der Waals surface area contributed by atoms with E-state index in [4.69, 9.17) is 9.47 Å². The van der Waals surface area contributed by atoms with Gasteiger partial charge in [-0.1, -0.05) is 6.07 Å². The standard InChI is InChI=1S/C24H25N3O4/c1-30-20-6-5-7-21(31-2)22(20)24(29)27-16-14-26(15-17-27)23(28)18-8-10-19(11-9-18)25-12-3-4-13-25/h3-13H,14-17H2,1-2H3. The third-order valence-electron chi connectivity index (χ3n) is 5.51. The lowest BCUT2D eigenvalue weighted by atomic mass is 10.1. The van der Waals surface area contributed by atoms with Crippen LogP contribution in [0, 0.1) is 0 Å². The van der Waals surface area contributed by atoms with Crippen molar-refractivity contribution in [2.45, 2.75) is 0 Å². The molecule has 7 heteroatoms. The molecule has 1 saturated heterocycles. The number of hydrogen-bond acceptors (Lipinski definition) is 4. The quantitative estimate of drug-likeness (QED) is 0.638. The SMILES string of the molecule is COc1cccc(OC)c1C(=O)N1CCN(C(=O)c2ccc(-n3cccc3)cc2)CC1. The normalized spacial score (nSPS) is 13.7. The second kappa shape index (κ2) is 8.95. The van der Waals surface area contributed by atoms with Crippen molar-refractivity contribution in [1.29, 1.82) is 0 Å². The smallest absolute Gasteiger partial charge is 0.261 e. The van der Waals surface area contributed by atoms with Crippen LogP contribution in [0.4, 0.5) is 0 Å². The van der Waals surface area contributed by atoms with Crippen molar-refractivity contribution in [3.05, 3.63) is 78.1 Å². The van der Waals surface area contributed by atoms with E-state index in [9.17, 15) is 9.59 Å². The van der Waals surface area contributed by atoms with E-state index < -0.39 is 0 Å². The van der Waals surface area contributed by atoms with Gasteiger partial charge in [-0.25, -0.2) is 0 Å². The van der Waals surface area contributed by atoms with E-state index in [2.05, 4.69) is 0 Å². The summed E-state index contributed by atoms with van der Waals surface area (Å²) >= 11 is 0. The van der Waals surface area contributed by atoms with Crippen molar-refractivity contribution < 1.29 is 19.1 Å². The lowest BCUT2D eigenvalue weighted by molar-refractivity contribution is 0.0531. The van der Waals surface area contributed by atoms with Gasteiger partial charge in [-0.2, -0.15) is 0 Å². The van der Waals surface area contributed by atoms with E-state index in [0.29, 0.717) is 48.8 Å². The molecule has 3 aromatic rings. The van der Waals surface area contributed by atoms with Crippen LogP contribution in [-0.4, -0.2) is 66.6 Å². The molecule has 1 fully saturated rings. The highest BCUT2D eigenvalue weighted by atomic mass is 16.5. The predicted octanol–water partition coefficient (Wildman–Crippen LogP) is 3.09.